The molecule has 0 fully saturated rings. The summed E-state index contributed by atoms with van der Waals surface area (Å²) in [5.41, 5.74) is 5.55. The zero-order valence-electron chi connectivity index (χ0n) is 12.4. The lowest BCUT2D eigenvalue weighted by molar-refractivity contribution is 0.0528. The van der Waals surface area contributed by atoms with Crippen LogP contribution >= 0.6 is 0 Å². The zero-order chi connectivity index (χ0) is 17.0. The van der Waals surface area contributed by atoms with Gasteiger partial charge in [-0.3, -0.25) is 10.1 Å². The number of hydrogen-bond acceptors (Lipinski definition) is 9. The molecule has 0 unspecified atom stereocenters. The number of nitrogens with one attached hydrogen (secondary N) is 1. The third kappa shape index (κ3) is 3.17. The van der Waals surface area contributed by atoms with Crippen LogP contribution in [0.1, 0.15) is 34.7 Å². The summed E-state index contributed by atoms with van der Waals surface area (Å²) in [6.07, 6.45) is 0.261. The summed E-state index contributed by atoms with van der Waals surface area (Å²) in [4.78, 5) is 34.9. The summed E-state index contributed by atoms with van der Waals surface area (Å²) in [6, 6.07) is 0. The second-order valence-electron chi connectivity index (χ2n) is 4.12. The molecule has 2 amide bonds. The highest BCUT2D eigenvalue weighted by atomic mass is 16.5. The van der Waals surface area contributed by atoms with Gasteiger partial charge >= 0.3 is 12.1 Å². The summed E-state index contributed by atoms with van der Waals surface area (Å²) in [5.74, 6) is -1.73. The molecule has 0 aliphatic carbocycles. The minimum absolute atomic E-state index is 0.0358. The van der Waals surface area contributed by atoms with Crippen LogP contribution in [0.15, 0.2) is 6.20 Å². The average molecular weight is 322 g/mol. The van der Waals surface area contributed by atoms with E-state index in [2.05, 4.69) is 20.0 Å². The highest BCUT2D eigenvalue weighted by Gasteiger charge is 2.22. The zero-order valence-corrected chi connectivity index (χ0v) is 12.4. The van der Waals surface area contributed by atoms with Crippen molar-refractivity contribution in [2.24, 2.45) is 0 Å². The van der Waals surface area contributed by atoms with E-state index in [-0.39, 0.29) is 35.9 Å². The lowest BCUT2D eigenvalue weighted by Gasteiger charge is -2.06. The molecule has 2 heterocycles. The molecule has 2 aromatic heterocycles. The van der Waals surface area contributed by atoms with Gasteiger partial charge in [0.15, 0.2) is 17.2 Å². The van der Waals surface area contributed by atoms with E-state index in [4.69, 9.17) is 10.5 Å². The van der Waals surface area contributed by atoms with Crippen LogP contribution in [0, 0.1) is 0 Å². The van der Waals surface area contributed by atoms with E-state index >= 15 is 0 Å². The molecule has 0 bridgehead atoms. The molecule has 0 saturated heterocycles. The predicted molar refractivity (Wildman–Crippen MR) is 75.6 cm³/mol. The summed E-state index contributed by atoms with van der Waals surface area (Å²) in [6.45, 7) is 3.52. The van der Waals surface area contributed by atoms with Crippen LogP contribution in [0.25, 0.3) is 5.65 Å². The third-order valence-corrected chi connectivity index (χ3v) is 2.66. The number of imide groups is 1. The van der Waals surface area contributed by atoms with Crippen molar-refractivity contribution in [2.75, 3.05) is 18.9 Å². The van der Waals surface area contributed by atoms with Gasteiger partial charge in [-0.15, -0.1) is 10.2 Å². The van der Waals surface area contributed by atoms with Crippen molar-refractivity contribution in [3.8, 4) is 0 Å². The Labute approximate surface area is 129 Å². The van der Waals surface area contributed by atoms with Crippen molar-refractivity contribution in [1.82, 2.24) is 25.1 Å². The number of amides is 2. The molecule has 0 atom stereocenters. The van der Waals surface area contributed by atoms with Crippen molar-refractivity contribution in [3.05, 3.63) is 17.5 Å². The first-order chi connectivity index (χ1) is 11.0. The normalized spacial score (nSPS) is 10.3. The SMILES string of the molecule is CCOC(=O)NC(=O)c1nnc2c(C(=O)OCC)cnn2c1N. The summed E-state index contributed by atoms with van der Waals surface area (Å²) < 4.78 is 10.5. The predicted octanol–water partition coefficient (Wildman–Crippen LogP) is -0.231. The Morgan fingerprint density at radius 3 is 2.57 bits per heavy atom. The Hall–Kier alpha value is -3.24. The highest BCUT2D eigenvalue weighted by Crippen LogP contribution is 2.14. The number of fused-ring (bicyclic) bond motifs is 1. The fourth-order valence-corrected chi connectivity index (χ4v) is 1.70. The molecular formula is C12H14N6O5. The fourth-order valence-electron chi connectivity index (χ4n) is 1.70. The third-order valence-electron chi connectivity index (χ3n) is 2.66. The number of carbonyl (C=O) groups excluding carboxylic acids is 3. The van der Waals surface area contributed by atoms with Gasteiger partial charge in [0.1, 0.15) is 5.56 Å². The monoisotopic (exact) mass is 322 g/mol. The molecule has 23 heavy (non-hydrogen) atoms. The maximum absolute atomic E-state index is 11.9. The quantitative estimate of drug-likeness (QED) is 0.727. The van der Waals surface area contributed by atoms with Gasteiger partial charge in [-0.1, -0.05) is 0 Å². The Balaban J connectivity index is 2.35. The molecule has 11 heteroatoms. The second kappa shape index (κ2) is 6.68. The van der Waals surface area contributed by atoms with Gasteiger partial charge in [0.2, 0.25) is 0 Å². The number of nitrogen functional groups attached to an aromatic ring is 1. The number of hydrogen-bond donors (Lipinski definition) is 2. The molecule has 3 N–H and O–H groups in total. The molecule has 122 valence electrons. The lowest BCUT2D eigenvalue weighted by Crippen LogP contribution is -2.33. The van der Waals surface area contributed by atoms with Gasteiger partial charge in [0.25, 0.3) is 5.91 Å². The number of carbonyl (C=O) groups is 3. The molecule has 0 saturated carbocycles. The van der Waals surface area contributed by atoms with Gasteiger partial charge < -0.3 is 15.2 Å². The number of nitrogens with zero attached hydrogens (tertiary/aromatic N) is 4. The molecule has 2 rings (SSSR count). The van der Waals surface area contributed by atoms with Crippen LogP contribution in [-0.2, 0) is 9.47 Å². The van der Waals surface area contributed by atoms with Crippen molar-refractivity contribution in [2.45, 2.75) is 13.8 Å². The molecule has 0 aromatic carbocycles. The molecule has 0 aliphatic rings. The van der Waals surface area contributed by atoms with Gasteiger partial charge in [-0.05, 0) is 13.8 Å². The van der Waals surface area contributed by atoms with Crippen LogP contribution in [0.3, 0.4) is 0 Å². The van der Waals surface area contributed by atoms with E-state index in [0.717, 1.165) is 4.52 Å². The molecule has 0 spiro atoms. The number of rotatable bonds is 4. The number of aromatic nitrogens is 4. The Kier molecular flexibility index (Phi) is 4.69. The maximum atomic E-state index is 11.9. The van der Waals surface area contributed by atoms with Crippen molar-refractivity contribution < 1.29 is 23.9 Å². The Bertz CT molecular complexity index is 771. The van der Waals surface area contributed by atoms with Crippen LogP contribution in [-0.4, -0.2) is 51.0 Å². The number of nitrogens with two attached hydrogens (primary N) is 1. The summed E-state index contributed by atoms with van der Waals surface area (Å²) >= 11 is 0. The second-order valence-corrected chi connectivity index (χ2v) is 4.12. The first kappa shape index (κ1) is 16.1. The van der Waals surface area contributed by atoms with E-state index in [0.29, 0.717) is 0 Å². The van der Waals surface area contributed by atoms with Crippen molar-refractivity contribution in [1.29, 1.82) is 0 Å². The largest absolute Gasteiger partial charge is 0.462 e. The maximum Gasteiger partial charge on any atom is 0.414 e. The molecule has 0 radical (unpaired) electrons. The number of ether oxygens (including phenoxy) is 2. The standard InChI is InChI=1S/C12H14N6O5/c1-3-22-11(20)6-5-14-18-8(13)7(16-17-9(6)18)10(19)15-12(21)23-4-2/h5H,3-4,13H2,1-2H3,(H,15,19,21). The van der Waals surface area contributed by atoms with Crippen LogP contribution in [0.5, 0.6) is 0 Å². The van der Waals surface area contributed by atoms with Gasteiger partial charge in [-0.2, -0.15) is 9.61 Å². The first-order valence-corrected chi connectivity index (χ1v) is 6.64. The molecule has 2 aromatic rings. The van der Waals surface area contributed by atoms with Gasteiger partial charge in [0, 0.05) is 0 Å². The van der Waals surface area contributed by atoms with Crippen LogP contribution < -0.4 is 11.1 Å². The van der Waals surface area contributed by atoms with Crippen molar-refractivity contribution in [3.63, 3.8) is 0 Å². The van der Waals surface area contributed by atoms with Crippen LogP contribution in [0.4, 0.5) is 10.6 Å². The topological polar surface area (TPSA) is 151 Å². The summed E-state index contributed by atoms with van der Waals surface area (Å²) in [5, 5.41) is 13.2. The van der Waals surface area contributed by atoms with E-state index in [1.54, 1.807) is 13.8 Å². The molecule has 0 aliphatic heterocycles. The van der Waals surface area contributed by atoms with E-state index < -0.39 is 18.0 Å². The number of anilines is 1. The Morgan fingerprint density at radius 1 is 1.22 bits per heavy atom. The Morgan fingerprint density at radius 2 is 1.91 bits per heavy atom. The van der Waals surface area contributed by atoms with Crippen LogP contribution in [0.2, 0.25) is 0 Å². The smallest absolute Gasteiger partial charge is 0.414 e. The summed E-state index contributed by atoms with van der Waals surface area (Å²) in [7, 11) is 0. The lowest BCUT2D eigenvalue weighted by atomic mass is 10.3. The van der Waals surface area contributed by atoms with Gasteiger partial charge in [-0.25, -0.2) is 9.59 Å². The minimum Gasteiger partial charge on any atom is -0.462 e. The molecular weight excluding hydrogens is 308 g/mol. The van der Waals surface area contributed by atoms with E-state index in [9.17, 15) is 14.4 Å². The van der Waals surface area contributed by atoms with Crippen molar-refractivity contribution >= 4 is 29.4 Å². The number of esters is 1. The average Bonchev–Trinajstić information content (AvgIpc) is 2.92. The van der Waals surface area contributed by atoms with E-state index in [1.807, 2.05) is 5.32 Å². The highest BCUT2D eigenvalue weighted by molar-refractivity contribution is 6.04. The fraction of sp³-hybridized carbons (Fsp3) is 0.333. The van der Waals surface area contributed by atoms with E-state index in [1.165, 1.54) is 6.20 Å². The number of alkyl carbamates (subject to hydrolysis) is 1. The van der Waals surface area contributed by atoms with Gasteiger partial charge in [0.05, 0.1) is 19.4 Å². The minimum atomic E-state index is -0.938. The first-order valence-electron chi connectivity index (χ1n) is 6.64. The molecule has 11 nitrogen and oxygen atoms in total.